The van der Waals surface area contributed by atoms with Crippen LogP contribution >= 0.6 is 24.0 Å². The fourth-order valence-corrected chi connectivity index (χ4v) is 4.24. The molecule has 27 heavy (non-hydrogen) atoms. The summed E-state index contributed by atoms with van der Waals surface area (Å²) in [6, 6.07) is 7.29. The van der Waals surface area contributed by atoms with Crippen molar-refractivity contribution in [3.8, 4) is 0 Å². The van der Waals surface area contributed by atoms with Crippen LogP contribution in [-0.4, -0.2) is 36.8 Å². The average molecular weight is 489 g/mol. The number of halogens is 2. The number of benzene rings is 1. The molecule has 0 radical (unpaired) electrons. The molecule has 152 valence electrons. The number of guanidine groups is 1. The van der Waals surface area contributed by atoms with Crippen molar-refractivity contribution in [3.05, 3.63) is 35.6 Å². The van der Waals surface area contributed by atoms with Gasteiger partial charge in [-0.15, -0.1) is 24.0 Å². The molecular weight excluding hydrogens is 456 g/mol. The standard InChI is InChI=1S/C21H32FN3O.HI/c1-2-23-20(24-15-21(12-13-26)10-6-3-7-11-21)25-19-14-17(19)16-8-4-5-9-18(16)22;/h4-5,8-9,17,19,26H,2-3,6-7,10-15H2,1H3,(H2,23,24,25);1H. The minimum Gasteiger partial charge on any atom is -0.396 e. The third-order valence-corrected chi connectivity index (χ3v) is 5.89. The van der Waals surface area contributed by atoms with Crippen LogP contribution in [0.3, 0.4) is 0 Å². The molecule has 1 aromatic rings. The number of nitrogens with one attached hydrogen (secondary N) is 2. The first kappa shape index (κ1) is 22.4. The van der Waals surface area contributed by atoms with E-state index in [0.717, 1.165) is 50.3 Å². The minimum atomic E-state index is -0.118. The fourth-order valence-electron chi connectivity index (χ4n) is 4.24. The Morgan fingerprint density at radius 2 is 2.00 bits per heavy atom. The van der Waals surface area contributed by atoms with E-state index in [-0.39, 0.29) is 53.8 Å². The average Bonchev–Trinajstić information content (AvgIpc) is 3.40. The molecule has 0 amide bonds. The van der Waals surface area contributed by atoms with Gasteiger partial charge in [0.2, 0.25) is 0 Å². The van der Waals surface area contributed by atoms with Gasteiger partial charge in [-0.1, -0.05) is 37.5 Å². The van der Waals surface area contributed by atoms with Gasteiger partial charge in [-0.05, 0) is 49.7 Å². The van der Waals surface area contributed by atoms with Crippen LogP contribution in [0.5, 0.6) is 0 Å². The third kappa shape index (κ3) is 6.04. The lowest BCUT2D eigenvalue weighted by atomic mass is 9.72. The van der Waals surface area contributed by atoms with Crippen LogP contribution in [0.2, 0.25) is 0 Å². The smallest absolute Gasteiger partial charge is 0.191 e. The van der Waals surface area contributed by atoms with Gasteiger partial charge >= 0.3 is 0 Å². The molecule has 0 aromatic heterocycles. The maximum absolute atomic E-state index is 14.0. The van der Waals surface area contributed by atoms with E-state index >= 15 is 0 Å². The number of rotatable bonds is 7. The van der Waals surface area contributed by atoms with Crippen molar-refractivity contribution in [1.29, 1.82) is 0 Å². The van der Waals surface area contributed by atoms with E-state index in [2.05, 4.69) is 17.6 Å². The van der Waals surface area contributed by atoms with E-state index in [1.807, 2.05) is 12.1 Å². The Morgan fingerprint density at radius 3 is 2.67 bits per heavy atom. The van der Waals surface area contributed by atoms with Crippen molar-refractivity contribution < 1.29 is 9.50 Å². The second-order valence-electron chi connectivity index (χ2n) is 7.84. The highest BCUT2D eigenvalue weighted by Crippen LogP contribution is 2.42. The van der Waals surface area contributed by atoms with Gasteiger partial charge in [0.15, 0.2) is 5.96 Å². The summed E-state index contributed by atoms with van der Waals surface area (Å²) in [5, 5.41) is 16.3. The predicted octanol–water partition coefficient (Wildman–Crippen LogP) is 4.19. The number of aliphatic imine (C=N–C) groups is 1. The lowest BCUT2D eigenvalue weighted by molar-refractivity contribution is 0.137. The summed E-state index contributed by atoms with van der Waals surface area (Å²) in [5.74, 6) is 0.924. The molecule has 2 unspecified atom stereocenters. The molecule has 0 bridgehead atoms. The highest BCUT2D eigenvalue weighted by Gasteiger charge is 2.40. The van der Waals surface area contributed by atoms with Crippen LogP contribution in [0.1, 0.15) is 63.4 Å². The Balaban J connectivity index is 0.00000261. The van der Waals surface area contributed by atoms with Gasteiger partial charge in [-0.3, -0.25) is 4.99 Å². The van der Waals surface area contributed by atoms with Gasteiger partial charge < -0.3 is 15.7 Å². The second kappa shape index (κ2) is 10.6. The highest BCUT2D eigenvalue weighted by atomic mass is 127. The molecule has 0 heterocycles. The van der Waals surface area contributed by atoms with E-state index in [4.69, 9.17) is 4.99 Å². The Bertz CT molecular complexity index is 614. The monoisotopic (exact) mass is 489 g/mol. The summed E-state index contributed by atoms with van der Waals surface area (Å²) < 4.78 is 14.0. The Hall–Kier alpha value is -0.890. The van der Waals surface area contributed by atoms with E-state index in [1.54, 1.807) is 6.07 Å². The minimum absolute atomic E-state index is 0. The molecule has 2 saturated carbocycles. The molecular formula is C21H33FIN3O. The normalized spacial score (nSPS) is 24.0. The Labute approximate surface area is 179 Å². The van der Waals surface area contributed by atoms with Crippen molar-refractivity contribution in [1.82, 2.24) is 10.6 Å². The number of nitrogens with zero attached hydrogens (tertiary/aromatic N) is 1. The quantitative estimate of drug-likeness (QED) is 0.306. The molecule has 2 aliphatic rings. The Kier molecular flexibility index (Phi) is 8.79. The van der Waals surface area contributed by atoms with E-state index in [1.165, 1.54) is 25.3 Å². The van der Waals surface area contributed by atoms with Crippen LogP contribution in [0.15, 0.2) is 29.3 Å². The molecule has 6 heteroatoms. The summed E-state index contributed by atoms with van der Waals surface area (Å²) >= 11 is 0. The van der Waals surface area contributed by atoms with Crippen LogP contribution in [-0.2, 0) is 0 Å². The largest absolute Gasteiger partial charge is 0.396 e. The topological polar surface area (TPSA) is 56.7 Å². The lowest BCUT2D eigenvalue weighted by Gasteiger charge is -2.35. The molecule has 2 fully saturated rings. The maximum Gasteiger partial charge on any atom is 0.191 e. The van der Waals surface area contributed by atoms with Crippen molar-refractivity contribution in [2.75, 3.05) is 19.7 Å². The van der Waals surface area contributed by atoms with Crippen molar-refractivity contribution in [3.63, 3.8) is 0 Å². The first-order valence-electron chi connectivity index (χ1n) is 10.1. The second-order valence-corrected chi connectivity index (χ2v) is 7.84. The highest BCUT2D eigenvalue weighted by molar-refractivity contribution is 14.0. The van der Waals surface area contributed by atoms with E-state index in [0.29, 0.717) is 0 Å². The number of hydrogen-bond donors (Lipinski definition) is 3. The summed E-state index contributed by atoms with van der Waals surface area (Å²) in [7, 11) is 0. The van der Waals surface area contributed by atoms with Crippen LogP contribution < -0.4 is 10.6 Å². The van der Waals surface area contributed by atoms with Gasteiger partial charge in [0, 0.05) is 31.7 Å². The van der Waals surface area contributed by atoms with Crippen LogP contribution in [0, 0.1) is 11.2 Å². The fraction of sp³-hybridized carbons (Fsp3) is 0.667. The maximum atomic E-state index is 14.0. The predicted molar refractivity (Wildman–Crippen MR) is 119 cm³/mol. The molecule has 0 spiro atoms. The molecule has 1 aromatic carbocycles. The lowest BCUT2D eigenvalue weighted by Crippen LogP contribution is -2.40. The van der Waals surface area contributed by atoms with E-state index < -0.39 is 0 Å². The van der Waals surface area contributed by atoms with Gasteiger partial charge in [0.25, 0.3) is 0 Å². The summed E-state index contributed by atoms with van der Waals surface area (Å²) in [6.07, 6.45) is 7.83. The van der Waals surface area contributed by atoms with Gasteiger partial charge in [-0.2, -0.15) is 0 Å². The van der Waals surface area contributed by atoms with Gasteiger partial charge in [0.1, 0.15) is 5.82 Å². The van der Waals surface area contributed by atoms with Crippen molar-refractivity contribution >= 4 is 29.9 Å². The SMILES string of the molecule is CCNC(=NCC1(CCO)CCCCC1)NC1CC1c1ccccc1F.I. The van der Waals surface area contributed by atoms with Gasteiger partial charge in [0.05, 0.1) is 0 Å². The number of aliphatic hydroxyl groups excluding tert-OH is 1. The molecule has 3 rings (SSSR count). The summed E-state index contributed by atoms with van der Waals surface area (Å²) in [5.41, 5.74) is 0.939. The van der Waals surface area contributed by atoms with Crippen LogP contribution in [0.25, 0.3) is 0 Å². The summed E-state index contributed by atoms with van der Waals surface area (Å²) in [6.45, 7) is 3.84. The van der Waals surface area contributed by atoms with Crippen LogP contribution in [0.4, 0.5) is 4.39 Å². The zero-order chi connectivity index (χ0) is 18.4. The molecule has 4 nitrogen and oxygen atoms in total. The third-order valence-electron chi connectivity index (χ3n) is 5.89. The molecule has 2 atom stereocenters. The zero-order valence-corrected chi connectivity index (χ0v) is 18.5. The first-order chi connectivity index (χ1) is 12.7. The molecule has 3 N–H and O–H groups in total. The molecule has 2 aliphatic carbocycles. The summed E-state index contributed by atoms with van der Waals surface area (Å²) in [4.78, 5) is 4.85. The first-order valence-corrected chi connectivity index (χ1v) is 10.1. The van der Waals surface area contributed by atoms with Crippen molar-refractivity contribution in [2.45, 2.75) is 63.8 Å². The van der Waals surface area contributed by atoms with Gasteiger partial charge in [-0.25, -0.2) is 4.39 Å². The Morgan fingerprint density at radius 1 is 1.26 bits per heavy atom. The molecule has 0 aliphatic heterocycles. The number of aliphatic hydroxyl groups is 1. The number of hydrogen-bond acceptors (Lipinski definition) is 2. The molecule has 0 saturated heterocycles. The van der Waals surface area contributed by atoms with E-state index in [9.17, 15) is 9.50 Å². The van der Waals surface area contributed by atoms with Crippen molar-refractivity contribution in [2.24, 2.45) is 10.4 Å². The zero-order valence-electron chi connectivity index (χ0n) is 16.2.